The average Bonchev–Trinajstić information content (AvgIpc) is 3.05. The third kappa shape index (κ3) is 4.56. The van der Waals surface area contributed by atoms with E-state index in [9.17, 15) is 24.9 Å². The second-order valence-electron chi connectivity index (χ2n) is 14.5. The summed E-state index contributed by atoms with van der Waals surface area (Å²) in [5.41, 5.74) is -0.505. The van der Waals surface area contributed by atoms with E-state index < -0.39 is 24.1 Å². The van der Waals surface area contributed by atoms with Crippen molar-refractivity contribution in [2.75, 3.05) is 0 Å². The highest BCUT2D eigenvalue weighted by Gasteiger charge is 2.72. The largest absolute Gasteiger partial charge is 0.481 e. The Hall–Kier alpha value is -1.14. The maximum atomic E-state index is 12.7. The van der Waals surface area contributed by atoms with Crippen molar-refractivity contribution in [1.82, 2.24) is 0 Å². The first kappa shape index (κ1) is 28.9. The fourth-order valence-corrected chi connectivity index (χ4v) is 10.6. The fourth-order valence-electron chi connectivity index (χ4n) is 10.6. The Balaban J connectivity index is 1.73. The topological polar surface area (TPSA) is 104 Å². The monoisotopic (exact) mass is 520 g/mol. The lowest BCUT2D eigenvalue weighted by atomic mass is 9.36. The number of esters is 1. The highest BCUT2D eigenvalue weighted by Crippen LogP contribution is 2.74. The van der Waals surface area contributed by atoms with Crippen molar-refractivity contribution >= 4 is 11.9 Å². The third-order valence-corrected chi connectivity index (χ3v) is 12.4. The molecule has 212 valence electrons. The summed E-state index contributed by atoms with van der Waals surface area (Å²) < 4.78 is 5.95. The summed E-state index contributed by atoms with van der Waals surface area (Å²) in [6.45, 7) is 14.9. The Morgan fingerprint density at radius 1 is 0.973 bits per heavy atom. The summed E-state index contributed by atoms with van der Waals surface area (Å²) in [5, 5.41) is 33.0. The molecule has 0 aromatic rings. The van der Waals surface area contributed by atoms with Crippen LogP contribution < -0.4 is 0 Å². The van der Waals surface area contributed by atoms with Gasteiger partial charge in [0.05, 0.1) is 18.1 Å². The van der Waals surface area contributed by atoms with E-state index in [-0.39, 0.29) is 52.0 Å². The second kappa shape index (κ2) is 10.1. The molecule has 0 aliphatic heterocycles. The number of rotatable bonds is 7. The van der Waals surface area contributed by atoms with E-state index in [4.69, 9.17) is 4.74 Å². The van der Waals surface area contributed by atoms with Crippen LogP contribution in [0, 0.1) is 57.7 Å². The molecule has 37 heavy (non-hydrogen) atoms. The van der Waals surface area contributed by atoms with Crippen LogP contribution in [0.2, 0.25) is 0 Å². The SMILES string of the molecule is CC(=O)O[C@H]1C[C@@]2(C)[C@@H](C[C@@H](O)[C@H]3[C@@]4(C)CC[C@@H](O)[C@@H](C)[C@@H]4CC[C@@]32C)C1C(CCCC(C)C)C(=O)O. The smallest absolute Gasteiger partial charge is 0.306 e. The molecular formula is C31H52O6. The maximum absolute atomic E-state index is 12.7. The van der Waals surface area contributed by atoms with Crippen molar-refractivity contribution in [1.29, 1.82) is 0 Å². The molecule has 0 saturated heterocycles. The number of carbonyl (C=O) groups is 2. The summed E-state index contributed by atoms with van der Waals surface area (Å²) in [6.07, 6.45) is 6.00. The molecule has 2 unspecified atom stereocenters. The zero-order valence-corrected chi connectivity index (χ0v) is 24.2. The highest BCUT2D eigenvalue weighted by molar-refractivity contribution is 5.71. The minimum atomic E-state index is -0.803. The first-order valence-electron chi connectivity index (χ1n) is 14.9. The van der Waals surface area contributed by atoms with Gasteiger partial charge in [0.25, 0.3) is 0 Å². The van der Waals surface area contributed by atoms with Gasteiger partial charge in [0, 0.05) is 12.8 Å². The minimum absolute atomic E-state index is 0.0139. The van der Waals surface area contributed by atoms with E-state index in [0.717, 1.165) is 38.5 Å². The predicted octanol–water partition coefficient (Wildman–Crippen LogP) is 5.68. The van der Waals surface area contributed by atoms with E-state index in [1.807, 2.05) is 0 Å². The molecular weight excluding hydrogens is 468 g/mol. The summed E-state index contributed by atoms with van der Waals surface area (Å²) in [5.74, 6) is -0.870. The minimum Gasteiger partial charge on any atom is -0.481 e. The molecule has 0 amide bonds. The second-order valence-corrected chi connectivity index (χ2v) is 14.5. The molecule has 0 bridgehead atoms. The average molecular weight is 521 g/mol. The highest BCUT2D eigenvalue weighted by atomic mass is 16.5. The number of ether oxygens (including phenoxy) is 1. The lowest BCUT2D eigenvalue weighted by Crippen LogP contribution is -2.66. The maximum Gasteiger partial charge on any atom is 0.306 e. The molecule has 12 atom stereocenters. The standard InChI is InChI=1S/C31H52O6/c1-17(2)9-8-10-20(28(35)36)26-22-15-24(34)27-29(5)13-12-23(33)18(3)21(29)11-14-30(27,6)31(22,7)16-25(26)37-19(4)32/h17-18,20-27,33-34H,8-16H2,1-7H3,(H,35,36)/t18-,20?,21-,22-,23+,24+,25-,26?,27-,29-,30-,31-/m0/s1. The number of aliphatic hydroxyl groups is 2. The van der Waals surface area contributed by atoms with Gasteiger partial charge in [-0.05, 0) is 90.8 Å². The van der Waals surface area contributed by atoms with E-state index in [0.29, 0.717) is 31.1 Å². The van der Waals surface area contributed by atoms with Crippen molar-refractivity contribution in [2.45, 2.75) is 125 Å². The molecule has 0 aromatic carbocycles. The summed E-state index contributed by atoms with van der Waals surface area (Å²) in [6, 6.07) is 0. The van der Waals surface area contributed by atoms with Gasteiger partial charge in [0.2, 0.25) is 0 Å². The predicted molar refractivity (Wildman–Crippen MR) is 143 cm³/mol. The Bertz CT molecular complexity index is 872. The van der Waals surface area contributed by atoms with E-state index in [2.05, 4.69) is 41.5 Å². The Labute approximate surface area is 223 Å². The van der Waals surface area contributed by atoms with Crippen LogP contribution >= 0.6 is 0 Å². The van der Waals surface area contributed by atoms with Gasteiger partial charge in [0.1, 0.15) is 6.10 Å². The first-order valence-corrected chi connectivity index (χ1v) is 14.9. The molecule has 4 saturated carbocycles. The zero-order valence-electron chi connectivity index (χ0n) is 24.2. The van der Waals surface area contributed by atoms with E-state index >= 15 is 0 Å². The number of carboxylic acid groups (broad SMARTS) is 1. The van der Waals surface area contributed by atoms with Crippen LogP contribution in [0.25, 0.3) is 0 Å². The first-order chi connectivity index (χ1) is 17.2. The molecule has 4 rings (SSSR count). The molecule has 6 nitrogen and oxygen atoms in total. The molecule has 0 radical (unpaired) electrons. The number of hydrogen-bond donors (Lipinski definition) is 3. The molecule has 4 aliphatic rings. The van der Waals surface area contributed by atoms with Gasteiger partial charge in [-0.25, -0.2) is 0 Å². The van der Waals surface area contributed by atoms with Crippen LogP contribution in [0.4, 0.5) is 0 Å². The van der Waals surface area contributed by atoms with Crippen LogP contribution in [0.3, 0.4) is 0 Å². The van der Waals surface area contributed by atoms with Crippen LogP contribution in [0.15, 0.2) is 0 Å². The number of aliphatic hydroxyl groups excluding tert-OH is 2. The van der Waals surface area contributed by atoms with Gasteiger partial charge in [-0.1, -0.05) is 54.4 Å². The van der Waals surface area contributed by atoms with Gasteiger partial charge in [-0.3, -0.25) is 9.59 Å². The summed E-state index contributed by atoms with van der Waals surface area (Å²) in [7, 11) is 0. The molecule has 0 spiro atoms. The Morgan fingerprint density at radius 2 is 1.65 bits per heavy atom. The van der Waals surface area contributed by atoms with Gasteiger partial charge in [-0.15, -0.1) is 0 Å². The number of carboxylic acids is 1. The fraction of sp³-hybridized carbons (Fsp3) is 0.935. The van der Waals surface area contributed by atoms with Crippen molar-refractivity contribution in [3.05, 3.63) is 0 Å². The van der Waals surface area contributed by atoms with Gasteiger partial charge in [0.15, 0.2) is 0 Å². The van der Waals surface area contributed by atoms with Crippen LogP contribution in [0.1, 0.15) is 106 Å². The summed E-state index contributed by atoms with van der Waals surface area (Å²) >= 11 is 0. The van der Waals surface area contributed by atoms with Crippen LogP contribution in [-0.4, -0.2) is 45.6 Å². The van der Waals surface area contributed by atoms with Crippen molar-refractivity contribution in [3.63, 3.8) is 0 Å². The molecule has 4 aliphatic carbocycles. The Kier molecular flexibility index (Phi) is 7.89. The van der Waals surface area contributed by atoms with Crippen molar-refractivity contribution < 1.29 is 29.6 Å². The van der Waals surface area contributed by atoms with E-state index in [1.54, 1.807) is 0 Å². The molecule has 0 heterocycles. The van der Waals surface area contributed by atoms with E-state index in [1.165, 1.54) is 6.92 Å². The van der Waals surface area contributed by atoms with Crippen LogP contribution in [-0.2, 0) is 14.3 Å². The molecule has 3 N–H and O–H groups in total. The van der Waals surface area contributed by atoms with Crippen LogP contribution in [0.5, 0.6) is 0 Å². The van der Waals surface area contributed by atoms with Gasteiger partial charge in [-0.2, -0.15) is 0 Å². The van der Waals surface area contributed by atoms with Crippen molar-refractivity contribution in [3.8, 4) is 0 Å². The summed E-state index contributed by atoms with van der Waals surface area (Å²) in [4.78, 5) is 24.9. The quantitative estimate of drug-likeness (QED) is 0.373. The molecule has 6 heteroatoms. The normalized spacial score (nSPS) is 48.1. The molecule has 0 aromatic heterocycles. The lowest BCUT2D eigenvalue weighted by Gasteiger charge is -2.69. The van der Waals surface area contributed by atoms with Gasteiger partial charge < -0.3 is 20.1 Å². The number of hydrogen-bond acceptors (Lipinski definition) is 5. The molecule has 4 fully saturated rings. The van der Waals surface area contributed by atoms with Crippen molar-refractivity contribution in [2.24, 2.45) is 57.7 Å². The number of fused-ring (bicyclic) bond motifs is 5. The third-order valence-electron chi connectivity index (χ3n) is 12.4. The number of aliphatic carboxylic acids is 1. The zero-order chi connectivity index (χ0) is 27.5. The van der Waals surface area contributed by atoms with Gasteiger partial charge >= 0.3 is 11.9 Å². The lowest BCUT2D eigenvalue weighted by molar-refractivity contribution is -0.240. The Morgan fingerprint density at radius 3 is 2.24 bits per heavy atom. The number of carbonyl (C=O) groups excluding carboxylic acids is 1.